The molecule has 4 heteroatoms. The Hall–Kier alpha value is -1.06. The summed E-state index contributed by atoms with van der Waals surface area (Å²) >= 11 is 0. The highest BCUT2D eigenvalue weighted by atomic mass is 16.5. The van der Waals surface area contributed by atoms with E-state index in [1.54, 1.807) is 0 Å². The van der Waals surface area contributed by atoms with Crippen LogP contribution in [0, 0.1) is 5.92 Å². The molecular weight excluding hydrogens is 194 g/mol. The van der Waals surface area contributed by atoms with E-state index >= 15 is 0 Å². The van der Waals surface area contributed by atoms with E-state index in [1.165, 1.54) is 32.8 Å². The Morgan fingerprint density at radius 2 is 1.93 bits per heavy atom. The van der Waals surface area contributed by atoms with Gasteiger partial charge in [0.1, 0.15) is 0 Å². The summed E-state index contributed by atoms with van der Waals surface area (Å²) in [5, 5.41) is 2.86. The lowest BCUT2D eigenvalue weighted by atomic mass is 10.1. The summed E-state index contributed by atoms with van der Waals surface area (Å²) < 4.78 is 4.46. The van der Waals surface area contributed by atoms with Crippen LogP contribution in [-0.2, 0) is 14.3 Å². The maximum absolute atomic E-state index is 11.3. The molecule has 1 saturated carbocycles. The Kier molecular flexibility index (Phi) is 5.15. The highest BCUT2D eigenvalue weighted by Gasteiger charge is 2.15. The quantitative estimate of drug-likeness (QED) is 0.699. The first-order valence-corrected chi connectivity index (χ1v) is 5.56. The number of carbonyl (C=O) groups is 2. The Labute approximate surface area is 90.4 Å². The molecule has 1 rings (SSSR count). The minimum absolute atomic E-state index is 0.0488. The third-order valence-electron chi connectivity index (χ3n) is 2.85. The first kappa shape index (κ1) is 12.0. The summed E-state index contributed by atoms with van der Waals surface area (Å²) in [6, 6.07) is 0. The minimum Gasteiger partial charge on any atom is -0.469 e. The van der Waals surface area contributed by atoms with Gasteiger partial charge in [-0.05, 0) is 18.8 Å². The molecule has 0 aliphatic heterocycles. The van der Waals surface area contributed by atoms with Crippen LogP contribution < -0.4 is 5.32 Å². The van der Waals surface area contributed by atoms with Crippen LogP contribution in [0.1, 0.15) is 38.5 Å². The second-order valence-corrected chi connectivity index (χ2v) is 4.03. The molecule has 0 saturated heterocycles. The van der Waals surface area contributed by atoms with E-state index in [4.69, 9.17) is 0 Å². The van der Waals surface area contributed by atoms with Crippen molar-refractivity contribution in [1.29, 1.82) is 0 Å². The van der Waals surface area contributed by atoms with Crippen LogP contribution >= 0.6 is 0 Å². The molecule has 15 heavy (non-hydrogen) atoms. The first-order valence-electron chi connectivity index (χ1n) is 5.56. The van der Waals surface area contributed by atoms with Crippen molar-refractivity contribution in [2.45, 2.75) is 38.5 Å². The number of amides is 1. The predicted octanol–water partition coefficient (Wildman–Crippen LogP) is 1.25. The van der Waals surface area contributed by atoms with Crippen LogP contribution in [0.15, 0.2) is 0 Å². The molecule has 0 unspecified atom stereocenters. The molecular formula is C11H19NO3. The maximum atomic E-state index is 11.3. The molecule has 0 aromatic heterocycles. The summed E-state index contributed by atoms with van der Waals surface area (Å²) in [5.74, 6) is 0.269. The van der Waals surface area contributed by atoms with Gasteiger partial charge in [0.25, 0.3) is 0 Å². The van der Waals surface area contributed by atoms with Gasteiger partial charge in [-0.1, -0.05) is 12.8 Å². The number of hydrogen-bond acceptors (Lipinski definition) is 3. The second kappa shape index (κ2) is 6.43. The zero-order chi connectivity index (χ0) is 11.1. The van der Waals surface area contributed by atoms with E-state index < -0.39 is 0 Å². The predicted molar refractivity (Wildman–Crippen MR) is 56.2 cm³/mol. The molecule has 0 aromatic rings. The lowest BCUT2D eigenvalue weighted by molar-refractivity contribution is -0.142. The van der Waals surface area contributed by atoms with Crippen LogP contribution in [0.25, 0.3) is 0 Å². The van der Waals surface area contributed by atoms with Gasteiger partial charge in [-0.15, -0.1) is 0 Å². The van der Waals surface area contributed by atoms with Crippen LogP contribution in [0.5, 0.6) is 0 Å². The van der Waals surface area contributed by atoms with Gasteiger partial charge in [-0.25, -0.2) is 0 Å². The third kappa shape index (κ3) is 4.81. The van der Waals surface area contributed by atoms with E-state index in [9.17, 15) is 9.59 Å². The van der Waals surface area contributed by atoms with Crippen LogP contribution in [-0.4, -0.2) is 25.5 Å². The van der Waals surface area contributed by atoms with Crippen LogP contribution in [0.3, 0.4) is 0 Å². The molecule has 4 nitrogen and oxygen atoms in total. The molecule has 1 aliphatic carbocycles. The van der Waals surface area contributed by atoms with Gasteiger partial charge in [-0.3, -0.25) is 9.59 Å². The number of carbonyl (C=O) groups excluding carboxylic acids is 2. The molecule has 1 amide bonds. The highest BCUT2D eigenvalue weighted by molar-refractivity contribution is 5.81. The molecule has 0 atom stereocenters. The molecule has 0 bridgehead atoms. The summed E-state index contributed by atoms with van der Waals surface area (Å²) in [7, 11) is 1.33. The Bertz CT molecular complexity index is 222. The topological polar surface area (TPSA) is 55.4 Å². The van der Waals surface area contributed by atoms with Gasteiger partial charge in [0.2, 0.25) is 5.91 Å². The van der Waals surface area contributed by atoms with Crippen molar-refractivity contribution >= 4 is 11.9 Å². The molecule has 0 spiro atoms. The molecule has 1 fully saturated rings. The molecule has 0 radical (unpaired) electrons. The van der Waals surface area contributed by atoms with Crippen LogP contribution in [0.2, 0.25) is 0 Å². The summed E-state index contributed by atoms with van der Waals surface area (Å²) in [5.41, 5.74) is 0. The van der Waals surface area contributed by atoms with Gasteiger partial charge in [0.05, 0.1) is 13.5 Å². The van der Waals surface area contributed by atoms with E-state index in [0.29, 0.717) is 5.92 Å². The van der Waals surface area contributed by atoms with E-state index in [1.807, 2.05) is 0 Å². The maximum Gasteiger partial charge on any atom is 0.306 e. The number of methoxy groups -OCH3 is 1. The summed E-state index contributed by atoms with van der Waals surface area (Å²) in [6.45, 7) is 0.764. The second-order valence-electron chi connectivity index (χ2n) is 4.03. The Balaban J connectivity index is 2.05. The van der Waals surface area contributed by atoms with Crippen molar-refractivity contribution in [3.63, 3.8) is 0 Å². The smallest absolute Gasteiger partial charge is 0.306 e. The van der Waals surface area contributed by atoms with Crippen molar-refractivity contribution in [3.8, 4) is 0 Å². The fourth-order valence-corrected chi connectivity index (χ4v) is 1.88. The highest BCUT2D eigenvalue weighted by Crippen LogP contribution is 2.23. The molecule has 0 heterocycles. The van der Waals surface area contributed by atoms with Crippen molar-refractivity contribution in [2.75, 3.05) is 13.7 Å². The van der Waals surface area contributed by atoms with E-state index in [0.717, 1.165) is 6.54 Å². The minimum atomic E-state index is -0.328. The number of ether oxygens (including phenoxy) is 1. The number of hydrogen-bond donors (Lipinski definition) is 1. The average Bonchev–Trinajstić information content (AvgIpc) is 2.75. The van der Waals surface area contributed by atoms with Gasteiger partial charge >= 0.3 is 5.97 Å². The van der Waals surface area contributed by atoms with Crippen LogP contribution in [0.4, 0.5) is 0 Å². The third-order valence-corrected chi connectivity index (χ3v) is 2.85. The fraction of sp³-hybridized carbons (Fsp3) is 0.818. The SMILES string of the molecule is COC(=O)CCC(=O)NCC1CCCC1. The lowest BCUT2D eigenvalue weighted by Crippen LogP contribution is -2.28. The van der Waals surface area contributed by atoms with E-state index in [2.05, 4.69) is 10.1 Å². The number of esters is 1. The first-order chi connectivity index (χ1) is 7.22. The van der Waals surface area contributed by atoms with Crippen molar-refractivity contribution in [2.24, 2.45) is 5.92 Å². The summed E-state index contributed by atoms with van der Waals surface area (Å²) in [4.78, 5) is 22.1. The largest absolute Gasteiger partial charge is 0.469 e. The monoisotopic (exact) mass is 213 g/mol. The standard InChI is InChI=1S/C11H19NO3/c1-15-11(14)7-6-10(13)12-8-9-4-2-3-5-9/h9H,2-8H2,1H3,(H,12,13). The van der Waals surface area contributed by atoms with Gasteiger partial charge in [0, 0.05) is 13.0 Å². The Morgan fingerprint density at radius 3 is 2.53 bits per heavy atom. The molecule has 1 N–H and O–H groups in total. The lowest BCUT2D eigenvalue weighted by Gasteiger charge is -2.09. The molecule has 86 valence electrons. The van der Waals surface area contributed by atoms with Gasteiger partial charge in [-0.2, -0.15) is 0 Å². The van der Waals surface area contributed by atoms with Crippen molar-refractivity contribution in [3.05, 3.63) is 0 Å². The molecule has 0 aromatic carbocycles. The normalized spacial score (nSPS) is 16.3. The van der Waals surface area contributed by atoms with Gasteiger partial charge < -0.3 is 10.1 Å². The van der Waals surface area contributed by atoms with Crippen molar-refractivity contribution in [1.82, 2.24) is 5.32 Å². The Morgan fingerprint density at radius 1 is 1.27 bits per heavy atom. The fourth-order valence-electron chi connectivity index (χ4n) is 1.88. The average molecular weight is 213 g/mol. The van der Waals surface area contributed by atoms with E-state index in [-0.39, 0.29) is 24.7 Å². The zero-order valence-electron chi connectivity index (χ0n) is 9.25. The number of nitrogens with one attached hydrogen (secondary N) is 1. The van der Waals surface area contributed by atoms with Crippen molar-refractivity contribution < 1.29 is 14.3 Å². The zero-order valence-corrected chi connectivity index (χ0v) is 9.25. The number of rotatable bonds is 5. The van der Waals surface area contributed by atoms with Gasteiger partial charge in [0.15, 0.2) is 0 Å². The summed E-state index contributed by atoms with van der Waals surface area (Å²) in [6.07, 6.45) is 5.41. The molecule has 1 aliphatic rings.